The number of allylic oxidation sites excluding steroid dienone is 1. The van der Waals surface area contributed by atoms with Crippen LogP contribution in [-0.4, -0.2) is 16.3 Å². The van der Waals surface area contributed by atoms with Crippen LogP contribution < -0.4 is 5.32 Å². The lowest BCUT2D eigenvalue weighted by Gasteiger charge is -2.15. The van der Waals surface area contributed by atoms with Gasteiger partial charge < -0.3 is 15.3 Å². The fraction of sp³-hybridized carbons (Fsp3) is 0.235. The predicted molar refractivity (Wildman–Crippen MR) is 87.2 cm³/mol. The molecule has 0 aliphatic rings. The molecule has 0 aliphatic heterocycles. The number of nitrogens with zero attached hydrogens (tertiary/aromatic N) is 1. The Morgan fingerprint density at radius 1 is 1.40 bits per heavy atom. The smallest absolute Gasteiger partial charge is 0.0671 e. The van der Waals surface area contributed by atoms with E-state index >= 15 is 0 Å². The van der Waals surface area contributed by atoms with Crippen molar-refractivity contribution in [3.63, 3.8) is 0 Å². The summed E-state index contributed by atoms with van der Waals surface area (Å²) >= 11 is 0. The van der Waals surface area contributed by atoms with Crippen molar-refractivity contribution in [3.05, 3.63) is 55.4 Å². The summed E-state index contributed by atoms with van der Waals surface area (Å²) in [6, 6.07) is 8.28. The van der Waals surface area contributed by atoms with E-state index in [1.807, 2.05) is 26.0 Å². The van der Waals surface area contributed by atoms with Crippen molar-refractivity contribution in [1.29, 1.82) is 5.41 Å². The van der Waals surface area contributed by atoms with Crippen LogP contribution >= 0.6 is 0 Å². The van der Waals surface area contributed by atoms with E-state index in [0.717, 1.165) is 17.6 Å². The van der Waals surface area contributed by atoms with Crippen LogP contribution in [-0.2, 0) is 6.42 Å². The molecule has 1 atom stereocenters. The SMILES string of the molecule is C=CNC(Cc1cn(C(=C)C)c2ccccc12)C(C)=N. The number of aromatic nitrogens is 1. The van der Waals surface area contributed by atoms with E-state index in [1.54, 1.807) is 6.20 Å². The van der Waals surface area contributed by atoms with Crippen LogP contribution in [0.5, 0.6) is 0 Å². The van der Waals surface area contributed by atoms with Gasteiger partial charge in [-0.2, -0.15) is 0 Å². The molecule has 0 aliphatic carbocycles. The van der Waals surface area contributed by atoms with Crippen molar-refractivity contribution in [1.82, 2.24) is 9.88 Å². The second-order valence-corrected chi connectivity index (χ2v) is 5.09. The molecule has 0 fully saturated rings. The lowest BCUT2D eigenvalue weighted by atomic mass is 10.0. The van der Waals surface area contributed by atoms with E-state index in [1.165, 1.54) is 10.9 Å². The number of hydrogen-bond acceptors (Lipinski definition) is 2. The first-order valence-corrected chi connectivity index (χ1v) is 6.71. The number of nitrogens with one attached hydrogen (secondary N) is 2. The van der Waals surface area contributed by atoms with Gasteiger partial charge in [-0.25, -0.2) is 0 Å². The van der Waals surface area contributed by atoms with Crippen molar-refractivity contribution in [2.45, 2.75) is 26.3 Å². The fourth-order valence-corrected chi connectivity index (χ4v) is 2.43. The highest BCUT2D eigenvalue weighted by Crippen LogP contribution is 2.25. The zero-order valence-electron chi connectivity index (χ0n) is 12.1. The zero-order valence-corrected chi connectivity index (χ0v) is 12.1. The third-order valence-electron chi connectivity index (χ3n) is 3.47. The molecule has 3 heteroatoms. The molecule has 20 heavy (non-hydrogen) atoms. The first-order chi connectivity index (χ1) is 9.54. The number of hydrogen-bond donors (Lipinski definition) is 2. The van der Waals surface area contributed by atoms with Gasteiger partial charge in [0.2, 0.25) is 0 Å². The van der Waals surface area contributed by atoms with Gasteiger partial charge in [0, 0.05) is 23.0 Å². The highest BCUT2D eigenvalue weighted by atomic mass is 15.0. The monoisotopic (exact) mass is 267 g/mol. The Kier molecular flexibility index (Phi) is 4.08. The normalized spacial score (nSPS) is 12.1. The summed E-state index contributed by atoms with van der Waals surface area (Å²) in [6.45, 7) is 11.5. The summed E-state index contributed by atoms with van der Waals surface area (Å²) in [5, 5.41) is 12.2. The molecule has 3 nitrogen and oxygen atoms in total. The second-order valence-electron chi connectivity index (χ2n) is 5.09. The lowest BCUT2D eigenvalue weighted by Crippen LogP contribution is -2.33. The van der Waals surface area contributed by atoms with Crippen molar-refractivity contribution >= 4 is 22.3 Å². The minimum absolute atomic E-state index is 0.0168. The third-order valence-corrected chi connectivity index (χ3v) is 3.47. The molecule has 0 radical (unpaired) electrons. The van der Waals surface area contributed by atoms with Gasteiger partial charge in [-0.3, -0.25) is 0 Å². The lowest BCUT2D eigenvalue weighted by molar-refractivity contribution is 0.726. The second kappa shape index (κ2) is 5.78. The van der Waals surface area contributed by atoms with Crippen LogP contribution in [0.15, 0.2) is 49.8 Å². The Bertz CT molecular complexity index is 664. The van der Waals surface area contributed by atoms with Crippen molar-refractivity contribution in [2.24, 2.45) is 0 Å². The average molecular weight is 267 g/mol. The summed E-state index contributed by atoms with van der Waals surface area (Å²) in [4.78, 5) is 0. The van der Waals surface area contributed by atoms with Crippen molar-refractivity contribution in [2.75, 3.05) is 0 Å². The summed E-state index contributed by atoms with van der Waals surface area (Å²) in [5.41, 5.74) is 3.98. The maximum absolute atomic E-state index is 7.87. The van der Waals surface area contributed by atoms with E-state index in [-0.39, 0.29) is 6.04 Å². The van der Waals surface area contributed by atoms with E-state index in [0.29, 0.717) is 5.71 Å². The number of para-hydroxylation sites is 1. The molecule has 104 valence electrons. The van der Waals surface area contributed by atoms with Gasteiger partial charge in [0.05, 0.1) is 11.6 Å². The maximum atomic E-state index is 7.87. The highest BCUT2D eigenvalue weighted by molar-refractivity contribution is 5.89. The number of rotatable bonds is 6. The van der Waals surface area contributed by atoms with E-state index in [9.17, 15) is 0 Å². The van der Waals surface area contributed by atoms with Gasteiger partial charge in [-0.15, -0.1) is 0 Å². The zero-order chi connectivity index (χ0) is 14.7. The minimum Gasteiger partial charge on any atom is -0.383 e. The van der Waals surface area contributed by atoms with Crippen LogP contribution in [0.1, 0.15) is 19.4 Å². The first-order valence-electron chi connectivity index (χ1n) is 6.71. The minimum atomic E-state index is -0.0168. The molecule has 2 aromatic rings. The molecule has 0 spiro atoms. The van der Waals surface area contributed by atoms with Crippen LogP contribution in [0, 0.1) is 5.41 Å². The average Bonchev–Trinajstić information content (AvgIpc) is 2.77. The molecular formula is C17H21N3. The number of benzene rings is 1. The third kappa shape index (κ3) is 2.67. The van der Waals surface area contributed by atoms with Crippen LogP contribution in [0.2, 0.25) is 0 Å². The molecule has 1 aromatic carbocycles. The Morgan fingerprint density at radius 3 is 2.70 bits per heavy atom. The van der Waals surface area contributed by atoms with Crippen LogP contribution in [0.25, 0.3) is 16.6 Å². The van der Waals surface area contributed by atoms with Gasteiger partial charge >= 0.3 is 0 Å². The highest BCUT2D eigenvalue weighted by Gasteiger charge is 2.15. The van der Waals surface area contributed by atoms with Crippen molar-refractivity contribution < 1.29 is 0 Å². The van der Waals surface area contributed by atoms with Gasteiger partial charge in [-0.1, -0.05) is 31.4 Å². The molecule has 1 unspecified atom stereocenters. The van der Waals surface area contributed by atoms with E-state index in [2.05, 4.69) is 41.4 Å². The standard InChI is InChI=1S/C17H21N3/c1-5-19-16(13(4)18)10-14-11-20(12(2)3)17-9-7-6-8-15(14)17/h5-9,11,16,18-19H,1-2,10H2,3-4H3. The Labute approximate surface area is 120 Å². The largest absolute Gasteiger partial charge is 0.383 e. The van der Waals surface area contributed by atoms with Crippen LogP contribution in [0.4, 0.5) is 0 Å². The Hall–Kier alpha value is -2.29. The van der Waals surface area contributed by atoms with E-state index < -0.39 is 0 Å². The molecule has 2 N–H and O–H groups in total. The van der Waals surface area contributed by atoms with Gasteiger partial charge in [0.1, 0.15) is 0 Å². The summed E-state index contributed by atoms with van der Waals surface area (Å²) in [5.74, 6) is 0. The first kappa shape index (κ1) is 14.1. The molecule has 0 saturated carbocycles. The maximum Gasteiger partial charge on any atom is 0.0671 e. The van der Waals surface area contributed by atoms with E-state index in [4.69, 9.17) is 5.41 Å². The quantitative estimate of drug-likeness (QED) is 0.768. The van der Waals surface area contributed by atoms with Crippen molar-refractivity contribution in [3.8, 4) is 0 Å². The van der Waals surface area contributed by atoms with Crippen LogP contribution in [0.3, 0.4) is 0 Å². The molecule has 0 saturated heterocycles. The number of fused-ring (bicyclic) bond motifs is 1. The summed E-state index contributed by atoms with van der Waals surface area (Å²) in [7, 11) is 0. The van der Waals surface area contributed by atoms with Gasteiger partial charge in [0.15, 0.2) is 0 Å². The molecule has 0 amide bonds. The predicted octanol–water partition coefficient (Wildman–Crippen LogP) is 3.82. The summed E-state index contributed by atoms with van der Waals surface area (Å²) in [6.07, 6.45) is 4.54. The molecular weight excluding hydrogens is 246 g/mol. The fourth-order valence-electron chi connectivity index (χ4n) is 2.43. The van der Waals surface area contributed by atoms with Gasteiger partial charge in [-0.05, 0) is 38.1 Å². The Balaban J connectivity index is 2.46. The topological polar surface area (TPSA) is 40.8 Å². The molecule has 1 heterocycles. The Morgan fingerprint density at radius 2 is 2.10 bits per heavy atom. The molecule has 0 bridgehead atoms. The molecule has 2 rings (SSSR count). The molecule has 1 aromatic heterocycles. The van der Waals surface area contributed by atoms with Gasteiger partial charge in [0.25, 0.3) is 0 Å². The summed E-state index contributed by atoms with van der Waals surface area (Å²) < 4.78 is 2.11.